The number of anilines is 1. The number of amides is 1. The number of nitrogens with two attached hydrogens (primary N) is 1. The summed E-state index contributed by atoms with van der Waals surface area (Å²) in [5, 5.41) is 0. The van der Waals surface area contributed by atoms with Crippen LogP contribution >= 0.6 is 0 Å². The maximum absolute atomic E-state index is 13.5. The molecule has 0 aliphatic carbocycles. The van der Waals surface area contributed by atoms with Crippen molar-refractivity contribution in [3.05, 3.63) is 107 Å². The number of aryl methyl sites for hydroxylation is 1. The zero-order valence-corrected chi connectivity index (χ0v) is 19.3. The molecule has 1 heterocycles. The molecule has 1 aliphatic heterocycles. The van der Waals surface area contributed by atoms with E-state index in [1.54, 1.807) is 24.3 Å². The minimum Gasteiger partial charge on any atom is -0.371 e. The molecule has 4 rings (SSSR count). The summed E-state index contributed by atoms with van der Waals surface area (Å²) in [4.78, 5) is 27.0. The van der Waals surface area contributed by atoms with Gasteiger partial charge in [-0.25, -0.2) is 4.39 Å². The molecule has 1 fully saturated rings. The number of ketones is 1. The Bertz CT molecular complexity index is 1190. The summed E-state index contributed by atoms with van der Waals surface area (Å²) in [6.45, 7) is 3.71. The van der Waals surface area contributed by atoms with Gasteiger partial charge in [-0.05, 0) is 61.1 Å². The summed E-state index contributed by atoms with van der Waals surface area (Å²) < 4.78 is 13.5. The largest absolute Gasteiger partial charge is 0.371 e. The van der Waals surface area contributed by atoms with E-state index in [4.69, 9.17) is 5.73 Å². The summed E-state index contributed by atoms with van der Waals surface area (Å²) in [5.41, 5.74) is 10.7. The lowest BCUT2D eigenvalue weighted by Gasteiger charge is -2.33. The highest BCUT2D eigenvalue weighted by Gasteiger charge is 2.24. The van der Waals surface area contributed by atoms with Crippen molar-refractivity contribution in [2.75, 3.05) is 18.0 Å². The molecule has 0 unspecified atom stereocenters. The standard InChI is InChI=1S/C29H29FN2O2/c1-20-19-21(8-14-27(20)32-17-15-24(16-18-32)29(31)34)7-13-26(22-9-11-25(30)12-10-22)28(33)23-5-3-2-4-6-23/h2-6,8-14,19,24H,7,15-18H2,1H3,(H2,31,34)/b26-13-. The van der Waals surface area contributed by atoms with Crippen LogP contribution in [-0.2, 0) is 11.2 Å². The number of primary amides is 1. The zero-order chi connectivity index (χ0) is 24.1. The van der Waals surface area contributed by atoms with Crippen LogP contribution in [0.15, 0.2) is 78.9 Å². The van der Waals surface area contributed by atoms with E-state index in [9.17, 15) is 14.0 Å². The van der Waals surface area contributed by atoms with Crippen molar-refractivity contribution in [3.8, 4) is 0 Å². The van der Waals surface area contributed by atoms with Crippen molar-refractivity contribution < 1.29 is 14.0 Å². The van der Waals surface area contributed by atoms with Crippen molar-refractivity contribution in [2.24, 2.45) is 11.7 Å². The number of halogens is 1. The average Bonchev–Trinajstić information content (AvgIpc) is 2.86. The lowest BCUT2D eigenvalue weighted by Crippen LogP contribution is -2.38. The number of nitrogens with zero attached hydrogens (tertiary/aromatic N) is 1. The lowest BCUT2D eigenvalue weighted by atomic mass is 9.94. The van der Waals surface area contributed by atoms with E-state index < -0.39 is 0 Å². The highest BCUT2D eigenvalue weighted by Crippen LogP contribution is 2.28. The third kappa shape index (κ3) is 5.42. The van der Waals surface area contributed by atoms with Crippen molar-refractivity contribution in [1.29, 1.82) is 0 Å². The van der Waals surface area contributed by atoms with Crippen LogP contribution in [0.5, 0.6) is 0 Å². The molecule has 4 nitrogen and oxygen atoms in total. The Labute approximate surface area is 199 Å². The van der Waals surface area contributed by atoms with Gasteiger partial charge in [-0.15, -0.1) is 0 Å². The Balaban J connectivity index is 1.55. The first-order chi connectivity index (χ1) is 16.4. The van der Waals surface area contributed by atoms with Crippen LogP contribution in [0.2, 0.25) is 0 Å². The van der Waals surface area contributed by atoms with Crippen LogP contribution in [0.4, 0.5) is 10.1 Å². The van der Waals surface area contributed by atoms with Crippen LogP contribution in [-0.4, -0.2) is 24.8 Å². The minimum atomic E-state index is -0.332. The van der Waals surface area contributed by atoms with Crippen molar-refractivity contribution in [3.63, 3.8) is 0 Å². The third-order valence-corrected chi connectivity index (χ3v) is 6.48. The predicted molar refractivity (Wildman–Crippen MR) is 134 cm³/mol. The molecule has 5 heteroatoms. The number of piperidine rings is 1. The highest BCUT2D eigenvalue weighted by molar-refractivity contribution is 6.28. The monoisotopic (exact) mass is 456 g/mol. The van der Waals surface area contributed by atoms with E-state index in [0.717, 1.165) is 42.7 Å². The number of rotatable bonds is 7. The van der Waals surface area contributed by atoms with Gasteiger partial charge in [0.05, 0.1) is 0 Å². The Hall–Kier alpha value is -3.73. The van der Waals surface area contributed by atoms with Crippen molar-refractivity contribution >= 4 is 23.0 Å². The van der Waals surface area contributed by atoms with E-state index in [2.05, 4.69) is 30.0 Å². The molecule has 1 amide bonds. The molecule has 0 saturated carbocycles. The van der Waals surface area contributed by atoms with Gasteiger partial charge < -0.3 is 10.6 Å². The second-order valence-electron chi connectivity index (χ2n) is 8.81. The molecule has 0 atom stereocenters. The number of carbonyl (C=O) groups is 2. The topological polar surface area (TPSA) is 63.4 Å². The van der Waals surface area contributed by atoms with Crippen LogP contribution in [0.1, 0.15) is 39.9 Å². The van der Waals surface area contributed by atoms with E-state index in [1.807, 2.05) is 24.3 Å². The van der Waals surface area contributed by atoms with Crippen LogP contribution in [0, 0.1) is 18.7 Å². The van der Waals surface area contributed by atoms with Gasteiger partial charge in [-0.3, -0.25) is 9.59 Å². The number of Topliss-reactive ketones (excluding diaryl/α,β-unsaturated/α-hetero) is 1. The zero-order valence-electron chi connectivity index (χ0n) is 19.3. The van der Waals surface area contributed by atoms with E-state index >= 15 is 0 Å². The molecule has 0 aromatic heterocycles. The Morgan fingerprint density at radius 3 is 2.26 bits per heavy atom. The minimum absolute atomic E-state index is 0.0343. The maximum atomic E-state index is 13.5. The predicted octanol–water partition coefficient (Wildman–Crippen LogP) is 5.34. The molecule has 0 bridgehead atoms. The molecule has 0 spiro atoms. The first-order valence-corrected chi connectivity index (χ1v) is 11.6. The molecule has 1 aliphatic rings. The molecule has 1 saturated heterocycles. The fraction of sp³-hybridized carbons (Fsp3) is 0.241. The first-order valence-electron chi connectivity index (χ1n) is 11.6. The summed E-state index contributed by atoms with van der Waals surface area (Å²) in [5.74, 6) is -0.660. The smallest absolute Gasteiger partial charge is 0.220 e. The van der Waals surface area contributed by atoms with Gasteiger partial charge in [0.2, 0.25) is 5.91 Å². The molecule has 0 radical (unpaired) electrons. The molecule has 34 heavy (non-hydrogen) atoms. The third-order valence-electron chi connectivity index (χ3n) is 6.48. The number of benzene rings is 3. The first kappa shape index (κ1) is 23.4. The highest BCUT2D eigenvalue weighted by atomic mass is 19.1. The summed E-state index contributed by atoms with van der Waals surface area (Å²) in [7, 11) is 0. The fourth-order valence-corrected chi connectivity index (χ4v) is 4.54. The van der Waals surface area contributed by atoms with Crippen molar-refractivity contribution in [2.45, 2.75) is 26.2 Å². The van der Waals surface area contributed by atoms with E-state index in [1.165, 1.54) is 12.1 Å². The van der Waals surface area contributed by atoms with Crippen molar-refractivity contribution in [1.82, 2.24) is 0 Å². The summed E-state index contributed by atoms with van der Waals surface area (Å²) in [6, 6.07) is 21.5. The number of hydrogen-bond acceptors (Lipinski definition) is 3. The van der Waals surface area contributed by atoms with Crippen LogP contribution in [0.25, 0.3) is 5.57 Å². The van der Waals surface area contributed by atoms with Crippen LogP contribution in [0.3, 0.4) is 0 Å². The SMILES string of the molecule is Cc1cc(C/C=C(\C(=O)c2ccccc2)c2ccc(F)cc2)ccc1N1CCC(C(N)=O)CC1. The quantitative estimate of drug-likeness (QED) is 0.385. The lowest BCUT2D eigenvalue weighted by molar-refractivity contribution is -0.122. The van der Waals surface area contributed by atoms with E-state index in [0.29, 0.717) is 23.1 Å². The van der Waals surface area contributed by atoms with Crippen LogP contribution < -0.4 is 10.6 Å². The second-order valence-corrected chi connectivity index (χ2v) is 8.81. The Morgan fingerprint density at radius 1 is 0.971 bits per heavy atom. The second kappa shape index (κ2) is 10.5. The number of carbonyl (C=O) groups excluding carboxylic acids is 2. The maximum Gasteiger partial charge on any atom is 0.220 e. The van der Waals surface area contributed by atoms with Gasteiger partial charge in [-0.2, -0.15) is 0 Å². The number of allylic oxidation sites excluding steroid dienone is 2. The molecular weight excluding hydrogens is 427 g/mol. The normalized spacial score (nSPS) is 14.8. The van der Waals surface area contributed by atoms with Gasteiger partial charge >= 0.3 is 0 Å². The van der Waals surface area contributed by atoms with E-state index in [-0.39, 0.29) is 23.4 Å². The van der Waals surface area contributed by atoms with Gasteiger partial charge in [-0.1, -0.05) is 60.7 Å². The van der Waals surface area contributed by atoms with Gasteiger partial charge in [0.25, 0.3) is 0 Å². The molecule has 2 N–H and O–H groups in total. The van der Waals surface area contributed by atoms with Gasteiger partial charge in [0.1, 0.15) is 5.82 Å². The Kier molecular flexibility index (Phi) is 7.21. The fourth-order valence-electron chi connectivity index (χ4n) is 4.54. The number of hydrogen-bond donors (Lipinski definition) is 1. The molecule has 174 valence electrons. The molecular formula is C29H29FN2O2. The Morgan fingerprint density at radius 2 is 1.65 bits per heavy atom. The average molecular weight is 457 g/mol. The van der Waals surface area contributed by atoms with Gasteiger partial charge in [0.15, 0.2) is 5.78 Å². The molecule has 3 aromatic rings. The summed E-state index contributed by atoms with van der Waals surface area (Å²) in [6.07, 6.45) is 4.06. The summed E-state index contributed by atoms with van der Waals surface area (Å²) >= 11 is 0. The molecule has 3 aromatic carbocycles. The van der Waals surface area contributed by atoms with Gasteiger partial charge in [0, 0.05) is 35.8 Å².